The Kier molecular flexibility index (Phi) is 25.1. The Balaban J connectivity index is 1.36. The number of amides is 6. The van der Waals surface area contributed by atoms with Crippen LogP contribution in [0.1, 0.15) is 116 Å². The molecule has 2 heterocycles. The lowest BCUT2D eigenvalue weighted by Gasteiger charge is -2.36. The first kappa shape index (κ1) is 68.8. The third-order valence-electron chi connectivity index (χ3n) is 15.8. The Hall–Kier alpha value is -8.33. The van der Waals surface area contributed by atoms with Gasteiger partial charge in [-0.1, -0.05) is 86.5 Å². The number of hydrogen-bond acceptors (Lipinski definition) is 15. The van der Waals surface area contributed by atoms with Crippen LogP contribution in [0.4, 0.5) is 0 Å². The van der Waals surface area contributed by atoms with E-state index in [4.69, 9.17) is 28.4 Å². The van der Waals surface area contributed by atoms with Crippen LogP contribution >= 0.6 is 0 Å². The molecule has 476 valence electrons. The van der Waals surface area contributed by atoms with Crippen LogP contribution in [0.5, 0.6) is 17.2 Å². The molecule has 1 saturated heterocycles. The first-order valence-corrected chi connectivity index (χ1v) is 30.1. The summed E-state index contributed by atoms with van der Waals surface area (Å²) < 4.78 is 35.1. The topological polar surface area (TPSA) is 246 Å². The zero-order valence-corrected chi connectivity index (χ0v) is 52.9. The lowest BCUT2D eigenvalue weighted by Crippen LogP contribution is -2.59. The van der Waals surface area contributed by atoms with Crippen LogP contribution in [0.25, 0.3) is 10.8 Å². The zero-order valence-electron chi connectivity index (χ0n) is 52.9. The van der Waals surface area contributed by atoms with Gasteiger partial charge in [0.25, 0.3) is 11.8 Å². The number of piperidine rings is 1. The van der Waals surface area contributed by atoms with Crippen LogP contribution in [0.3, 0.4) is 0 Å². The molecule has 21 nitrogen and oxygen atoms in total. The van der Waals surface area contributed by atoms with Crippen molar-refractivity contribution in [2.45, 2.75) is 142 Å². The van der Waals surface area contributed by atoms with Gasteiger partial charge in [-0.2, -0.15) is 0 Å². The SMILES string of the molecule is CCCCC1C(=O)NC(Cc2cccc3ccccc23)C(=O)N(C)C(COC(C)(C)C)C(=O)NCC(=O)N(C)CCC=CC(=O)OCC(C)(C)C(=O)C(=O)N2CCCCC2C(=O)O[C@H](CCc2ccc(OC)c(OC)c2)c2cccc(c2)OCC(=O)N1C. The maximum atomic E-state index is 15.1. The molecule has 0 radical (unpaired) electrons. The molecule has 4 unspecified atom stereocenters. The second-order valence-electron chi connectivity index (χ2n) is 24.0. The van der Waals surface area contributed by atoms with Gasteiger partial charge in [-0.3, -0.25) is 33.6 Å². The number of nitrogens with zero attached hydrogens (tertiary/aromatic N) is 4. The number of ketones is 1. The van der Waals surface area contributed by atoms with E-state index < -0.39 is 114 Å². The van der Waals surface area contributed by atoms with Gasteiger partial charge < -0.3 is 58.7 Å². The van der Waals surface area contributed by atoms with E-state index in [9.17, 15) is 38.4 Å². The predicted molar refractivity (Wildman–Crippen MR) is 330 cm³/mol. The summed E-state index contributed by atoms with van der Waals surface area (Å²) in [7, 11) is 7.51. The van der Waals surface area contributed by atoms with Gasteiger partial charge in [0.05, 0.1) is 38.4 Å². The minimum Gasteiger partial charge on any atom is -0.493 e. The van der Waals surface area contributed by atoms with Gasteiger partial charge in [0, 0.05) is 46.7 Å². The molecule has 6 rings (SSSR count). The molecular weight excluding hydrogens is 1130 g/mol. The first-order chi connectivity index (χ1) is 41.9. The summed E-state index contributed by atoms with van der Waals surface area (Å²) in [5.41, 5.74) is -0.180. The summed E-state index contributed by atoms with van der Waals surface area (Å²) >= 11 is 0. The van der Waals surface area contributed by atoms with Crippen molar-refractivity contribution >= 4 is 63.9 Å². The number of cyclic esters (lactones) is 2. The van der Waals surface area contributed by atoms with E-state index in [0.29, 0.717) is 49.2 Å². The number of Topliss-reactive ketones (excluding diaryl/α,β-unsaturated/α-hetero) is 1. The molecule has 1 fully saturated rings. The summed E-state index contributed by atoms with van der Waals surface area (Å²) in [5, 5.41) is 7.40. The maximum absolute atomic E-state index is 15.1. The second kappa shape index (κ2) is 32.1. The third kappa shape index (κ3) is 19.1. The number of benzene rings is 4. The zero-order chi connectivity index (χ0) is 64.3. The van der Waals surface area contributed by atoms with Crippen molar-refractivity contribution in [3.05, 3.63) is 114 Å². The third-order valence-corrected chi connectivity index (χ3v) is 15.8. The number of likely N-dealkylation sites (N-methyl/N-ethyl adjacent to an activating group) is 3. The normalized spacial score (nSPS) is 21.6. The van der Waals surface area contributed by atoms with E-state index in [2.05, 4.69) is 10.6 Å². The molecule has 0 aliphatic carbocycles. The average Bonchev–Trinajstić information content (AvgIpc) is 1.80. The minimum atomic E-state index is -1.50. The fourth-order valence-electron chi connectivity index (χ4n) is 10.4. The molecule has 0 saturated carbocycles. The summed E-state index contributed by atoms with van der Waals surface area (Å²) in [6, 6.07) is 20.7. The Morgan fingerprint density at radius 1 is 0.750 bits per heavy atom. The van der Waals surface area contributed by atoms with Crippen LogP contribution in [-0.4, -0.2) is 177 Å². The molecule has 0 aromatic heterocycles. The van der Waals surface area contributed by atoms with Gasteiger partial charge in [0.15, 0.2) is 18.1 Å². The number of nitrogens with one attached hydrogen (secondary N) is 2. The molecule has 4 aromatic rings. The van der Waals surface area contributed by atoms with Crippen molar-refractivity contribution in [1.82, 2.24) is 30.2 Å². The molecule has 88 heavy (non-hydrogen) atoms. The number of carbonyl (C=O) groups is 9. The molecule has 5 atom stereocenters. The highest BCUT2D eigenvalue weighted by atomic mass is 16.5. The minimum absolute atomic E-state index is 0.00289. The Bertz CT molecular complexity index is 3150. The van der Waals surface area contributed by atoms with E-state index >= 15 is 4.79 Å². The number of carbonyl (C=O) groups excluding carboxylic acids is 9. The summed E-state index contributed by atoms with van der Waals surface area (Å²) in [6.07, 6.45) is 5.27. The van der Waals surface area contributed by atoms with Crippen molar-refractivity contribution in [3.8, 4) is 17.2 Å². The first-order valence-electron chi connectivity index (χ1n) is 30.1. The number of rotatable bonds is 12. The van der Waals surface area contributed by atoms with Crippen molar-refractivity contribution in [3.63, 3.8) is 0 Å². The fraction of sp³-hybridized carbons (Fsp3) is 0.507. The van der Waals surface area contributed by atoms with Gasteiger partial charge in [-0.05, 0) is 131 Å². The molecule has 0 spiro atoms. The van der Waals surface area contributed by atoms with E-state index in [0.717, 1.165) is 28.0 Å². The number of hydrogen-bond donors (Lipinski definition) is 2. The van der Waals surface area contributed by atoms with Crippen LogP contribution in [-0.2, 0) is 70.2 Å². The lowest BCUT2D eigenvalue weighted by atomic mass is 9.87. The van der Waals surface area contributed by atoms with Crippen molar-refractivity contribution in [1.29, 1.82) is 0 Å². The van der Waals surface area contributed by atoms with Gasteiger partial charge >= 0.3 is 11.9 Å². The highest BCUT2D eigenvalue weighted by Gasteiger charge is 2.43. The largest absolute Gasteiger partial charge is 0.493 e. The van der Waals surface area contributed by atoms with Crippen LogP contribution in [0.2, 0.25) is 0 Å². The standard InChI is InChI=1S/C67H88N6O15/c1-12-13-28-51-62(79)69-50(39-46-24-20-23-45-22-14-15-27-49(45)46)63(80)72(9)53(41-87-66(2,3)4)61(78)68-40-57(74)70(7)35-18-17-30-59(76)86-43-67(5,6)60(77)64(81)73-36-19-16-29-52(73)65(82)88-54(33-31-44-32-34-55(83-10)56(37-44)84-11)47-25-21-26-48(38-47)85-42-58(75)71(51)8/h14-15,17,20-27,30,32,34,37-38,50-54H,12-13,16,18-19,28-29,31,33,35-36,39-43H2,1-11H3,(H,68,78)(H,69,79)/t50?,51?,52?,53?,54-/m1/s1. The Morgan fingerprint density at radius 3 is 2.20 bits per heavy atom. The monoisotopic (exact) mass is 1220 g/mol. The van der Waals surface area contributed by atoms with E-state index in [-0.39, 0.29) is 57.6 Å². The highest BCUT2D eigenvalue weighted by Crippen LogP contribution is 2.33. The summed E-state index contributed by atoms with van der Waals surface area (Å²) in [4.78, 5) is 133. The molecule has 2 aliphatic rings. The molecule has 2 N–H and O–H groups in total. The second-order valence-corrected chi connectivity index (χ2v) is 24.0. The number of aryl methyl sites for hydroxylation is 1. The maximum Gasteiger partial charge on any atom is 0.330 e. The highest BCUT2D eigenvalue weighted by molar-refractivity contribution is 6.38. The van der Waals surface area contributed by atoms with Crippen LogP contribution in [0.15, 0.2) is 97.1 Å². The Labute approximate surface area is 516 Å². The lowest BCUT2D eigenvalue weighted by molar-refractivity contribution is -0.165. The molecule has 6 amide bonds. The number of fused-ring (bicyclic) bond motifs is 4. The predicted octanol–water partition coefficient (Wildman–Crippen LogP) is 6.89. The van der Waals surface area contributed by atoms with Gasteiger partial charge in [0.1, 0.15) is 42.6 Å². The molecule has 2 bridgehead atoms. The number of ether oxygens (including phenoxy) is 6. The molecular formula is C67H88N6O15. The number of unbranched alkanes of at least 4 members (excludes halogenated alkanes) is 1. The summed E-state index contributed by atoms with van der Waals surface area (Å²) in [5.74, 6) is -5.04. The van der Waals surface area contributed by atoms with Gasteiger partial charge in [-0.15, -0.1) is 0 Å². The molecule has 21 heteroatoms. The fourth-order valence-corrected chi connectivity index (χ4v) is 10.4. The quantitative estimate of drug-likeness (QED) is 0.108. The van der Waals surface area contributed by atoms with Crippen molar-refractivity contribution in [2.24, 2.45) is 5.41 Å². The smallest absolute Gasteiger partial charge is 0.330 e. The van der Waals surface area contributed by atoms with Crippen LogP contribution < -0.4 is 24.8 Å². The van der Waals surface area contributed by atoms with E-state index in [1.54, 1.807) is 51.1 Å². The average molecular weight is 1220 g/mol. The molecule has 2 aliphatic heterocycles. The van der Waals surface area contributed by atoms with Crippen LogP contribution in [0, 0.1) is 5.41 Å². The summed E-state index contributed by atoms with van der Waals surface area (Å²) in [6.45, 7) is 8.81. The molecule has 4 aromatic carbocycles. The number of methoxy groups -OCH3 is 2. The van der Waals surface area contributed by atoms with Gasteiger partial charge in [0.2, 0.25) is 29.4 Å². The van der Waals surface area contributed by atoms with Gasteiger partial charge in [-0.25, -0.2) is 9.59 Å². The Morgan fingerprint density at radius 2 is 1.48 bits per heavy atom. The van der Waals surface area contributed by atoms with Crippen molar-refractivity contribution in [2.75, 3.05) is 74.8 Å². The number of esters is 2. The van der Waals surface area contributed by atoms with Crippen molar-refractivity contribution < 1.29 is 71.6 Å². The van der Waals surface area contributed by atoms with E-state index in [1.807, 2.05) is 61.5 Å². The van der Waals surface area contributed by atoms with E-state index in [1.165, 1.54) is 74.9 Å².